The smallest absolute Gasteiger partial charge is 0.254 e. The van der Waals surface area contributed by atoms with Gasteiger partial charge in [-0.15, -0.1) is 0 Å². The number of rotatable bonds is 7. The predicted octanol–water partition coefficient (Wildman–Crippen LogP) is 3.56. The Bertz CT molecular complexity index is 1540. The van der Waals surface area contributed by atoms with Gasteiger partial charge in [0.05, 0.1) is 13.5 Å². The Hall–Kier alpha value is -4.46. The SMILES string of the molecule is COc1ccc2c(c1)C(=O)N(C[C@@]1(c3cc4c(CCc5ccccc5)ccnc4o3)CC(=O)NC1=O)C2. The highest BCUT2D eigenvalue weighted by Gasteiger charge is 2.53. The Morgan fingerprint density at radius 2 is 1.89 bits per heavy atom. The van der Waals surface area contributed by atoms with Crippen LogP contribution in [0.5, 0.6) is 5.75 Å². The highest BCUT2D eigenvalue weighted by atomic mass is 16.5. The molecular weight excluding hydrogens is 470 g/mol. The summed E-state index contributed by atoms with van der Waals surface area (Å²) in [5.41, 5.74) is 2.72. The van der Waals surface area contributed by atoms with Crippen LogP contribution >= 0.6 is 0 Å². The van der Waals surface area contributed by atoms with Crippen LogP contribution in [0, 0.1) is 0 Å². The van der Waals surface area contributed by atoms with Gasteiger partial charge in [-0.2, -0.15) is 0 Å². The van der Waals surface area contributed by atoms with E-state index in [2.05, 4.69) is 22.4 Å². The van der Waals surface area contributed by atoms with Gasteiger partial charge >= 0.3 is 0 Å². The highest BCUT2D eigenvalue weighted by molar-refractivity contribution is 6.10. The van der Waals surface area contributed by atoms with E-state index in [4.69, 9.17) is 9.15 Å². The number of aryl methyl sites for hydroxylation is 2. The first-order valence-corrected chi connectivity index (χ1v) is 12.2. The van der Waals surface area contributed by atoms with E-state index in [0.29, 0.717) is 29.3 Å². The van der Waals surface area contributed by atoms with E-state index in [9.17, 15) is 14.4 Å². The van der Waals surface area contributed by atoms with Crippen molar-refractivity contribution in [3.05, 3.63) is 94.9 Å². The molecule has 2 aliphatic rings. The Labute approximate surface area is 213 Å². The van der Waals surface area contributed by atoms with Crippen LogP contribution in [-0.4, -0.2) is 41.3 Å². The van der Waals surface area contributed by atoms with Gasteiger partial charge in [0.15, 0.2) is 0 Å². The molecule has 2 aromatic carbocycles. The zero-order valence-corrected chi connectivity index (χ0v) is 20.3. The molecule has 2 aliphatic heterocycles. The average molecular weight is 496 g/mol. The molecule has 4 heterocycles. The van der Waals surface area contributed by atoms with Gasteiger partial charge in [-0.05, 0) is 53.8 Å². The number of aromatic nitrogens is 1. The number of amides is 3. The monoisotopic (exact) mass is 495 g/mol. The van der Waals surface area contributed by atoms with Gasteiger partial charge in [0.1, 0.15) is 16.9 Å². The fraction of sp³-hybridized carbons (Fsp3) is 0.241. The molecule has 0 unspecified atom stereocenters. The summed E-state index contributed by atoms with van der Waals surface area (Å²) in [5, 5.41) is 3.23. The highest BCUT2D eigenvalue weighted by Crippen LogP contribution is 2.39. The Balaban J connectivity index is 1.34. The molecule has 3 amide bonds. The van der Waals surface area contributed by atoms with Gasteiger partial charge < -0.3 is 14.1 Å². The molecule has 2 aromatic heterocycles. The lowest BCUT2D eigenvalue weighted by atomic mass is 9.82. The molecule has 1 N–H and O–H groups in total. The molecule has 0 saturated carbocycles. The van der Waals surface area contributed by atoms with Crippen LogP contribution in [-0.2, 0) is 34.4 Å². The van der Waals surface area contributed by atoms with Crippen molar-refractivity contribution in [2.24, 2.45) is 0 Å². The molecule has 0 spiro atoms. The maximum Gasteiger partial charge on any atom is 0.254 e. The Morgan fingerprint density at radius 1 is 1.05 bits per heavy atom. The van der Waals surface area contributed by atoms with Gasteiger partial charge in [0.2, 0.25) is 17.5 Å². The third-order valence-electron chi connectivity index (χ3n) is 7.33. The van der Waals surface area contributed by atoms with Gasteiger partial charge in [-0.3, -0.25) is 19.7 Å². The van der Waals surface area contributed by atoms with Crippen molar-refractivity contribution in [2.45, 2.75) is 31.2 Å². The van der Waals surface area contributed by atoms with E-state index in [1.165, 1.54) is 5.56 Å². The second kappa shape index (κ2) is 8.89. The normalized spacial score (nSPS) is 18.9. The summed E-state index contributed by atoms with van der Waals surface area (Å²) in [5.74, 6) is -0.147. The van der Waals surface area contributed by atoms with E-state index in [1.54, 1.807) is 30.3 Å². The van der Waals surface area contributed by atoms with Crippen LogP contribution in [0.3, 0.4) is 0 Å². The standard InChI is InChI=1S/C29H25N3O5/c1-36-21-10-9-20-16-32(27(34)23(20)13-21)17-29(15-25(33)31-28(29)35)24-14-22-19(11-12-30-26(22)37-24)8-7-18-5-3-2-4-6-18/h2-6,9-14H,7-8,15-17H2,1H3,(H,31,33,35)/t29-/m1/s1. The molecule has 37 heavy (non-hydrogen) atoms. The minimum Gasteiger partial charge on any atom is -0.497 e. The van der Waals surface area contributed by atoms with Crippen LogP contribution in [0.4, 0.5) is 0 Å². The van der Waals surface area contributed by atoms with Gasteiger partial charge in [0.25, 0.3) is 5.91 Å². The number of methoxy groups -OCH3 is 1. The van der Waals surface area contributed by atoms with E-state index < -0.39 is 17.2 Å². The number of furan rings is 1. The number of ether oxygens (including phenoxy) is 1. The predicted molar refractivity (Wildman–Crippen MR) is 135 cm³/mol. The summed E-state index contributed by atoms with van der Waals surface area (Å²) in [6, 6.07) is 19.3. The molecule has 8 heteroatoms. The number of carbonyl (C=O) groups is 3. The molecule has 0 radical (unpaired) electrons. The van der Waals surface area contributed by atoms with Crippen molar-refractivity contribution in [3.63, 3.8) is 0 Å². The van der Waals surface area contributed by atoms with Crippen molar-refractivity contribution in [2.75, 3.05) is 13.7 Å². The third-order valence-corrected chi connectivity index (χ3v) is 7.33. The van der Waals surface area contributed by atoms with Crippen LogP contribution in [0.2, 0.25) is 0 Å². The molecule has 8 nitrogen and oxygen atoms in total. The second-order valence-electron chi connectivity index (χ2n) is 9.61. The maximum atomic E-state index is 13.3. The van der Waals surface area contributed by atoms with Crippen LogP contribution in [0.25, 0.3) is 11.1 Å². The Morgan fingerprint density at radius 3 is 2.65 bits per heavy atom. The number of hydrogen-bond donors (Lipinski definition) is 1. The lowest BCUT2D eigenvalue weighted by Gasteiger charge is -2.28. The molecular formula is C29H25N3O5. The molecule has 0 aliphatic carbocycles. The zero-order chi connectivity index (χ0) is 25.6. The summed E-state index contributed by atoms with van der Waals surface area (Å²) >= 11 is 0. The largest absolute Gasteiger partial charge is 0.497 e. The van der Waals surface area contributed by atoms with Crippen molar-refractivity contribution in [3.8, 4) is 5.75 Å². The number of carbonyl (C=O) groups excluding carboxylic acids is 3. The van der Waals surface area contributed by atoms with E-state index in [0.717, 1.165) is 29.4 Å². The van der Waals surface area contributed by atoms with Crippen molar-refractivity contribution in [1.82, 2.24) is 15.2 Å². The molecule has 1 fully saturated rings. The number of nitrogens with zero attached hydrogens (tertiary/aromatic N) is 2. The molecule has 1 atom stereocenters. The number of imide groups is 1. The first kappa shape index (κ1) is 23.0. The number of pyridine rings is 1. The van der Waals surface area contributed by atoms with Crippen molar-refractivity contribution < 1.29 is 23.5 Å². The Kier molecular flexibility index (Phi) is 5.52. The third kappa shape index (κ3) is 3.94. The summed E-state index contributed by atoms with van der Waals surface area (Å²) in [4.78, 5) is 45.0. The lowest BCUT2D eigenvalue weighted by Crippen LogP contribution is -2.46. The molecule has 4 aromatic rings. The summed E-state index contributed by atoms with van der Waals surface area (Å²) < 4.78 is 11.4. The molecule has 6 rings (SSSR count). The number of nitrogens with one attached hydrogen (secondary N) is 1. The summed E-state index contributed by atoms with van der Waals surface area (Å²) in [6.45, 7) is 0.349. The minimum absolute atomic E-state index is 0.0135. The van der Waals surface area contributed by atoms with E-state index in [-0.39, 0.29) is 18.9 Å². The summed E-state index contributed by atoms with van der Waals surface area (Å²) in [6.07, 6.45) is 3.20. The maximum absolute atomic E-state index is 13.3. The fourth-order valence-corrected chi connectivity index (χ4v) is 5.34. The van der Waals surface area contributed by atoms with Gasteiger partial charge in [0, 0.05) is 30.2 Å². The van der Waals surface area contributed by atoms with E-state index in [1.807, 2.05) is 36.4 Å². The second-order valence-corrected chi connectivity index (χ2v) is 9.61. The zero-order valence-electron chi connectivity index (χ0n) is 20.3. The number of benzene rings is 2. The number of hydrogen-bond acceptors (Lipinski definition) is 6. The van der Waals surface area contributed by atoms with E-state index >= 15 is 0 Å². The average Bonchev–Trinajstić information content (AvgIpc) is 3.57. The first-order chi connectivity index (χ1) is 18.0. The summed E-state index contributed by atoms with van der Waals surface area (Å²) in [7, 11) is 1.55. The van der Waals surface area contributed by atoms with Gasteiger partial charge in [-0.25, -0.2) is 4.98 Å². The van der Waals surface area contributed by atoms with Crippen molar-refractivity contribution >= 4 is 28.8 Å². The van der Waals surface area contributed by atoms with Gasteiger partial charge in [-0.1, -0.05) is 36.4 Å². The van der Waals surface area contributed by atoms with Crippen LogP contribution < -0.4 is 10.1 Å². The number of fused-ring (bicyclic) bond motifs is 2. The topological polar surface area (TPSA) is 102 Å². The first-order valence-electron chi connectivity index (χ1n) is 12.2. The fourth-order valence-electron chi connectivity index (χ4n) is 5.34. The molecule has 0 bridgehead atoms. The molecule has 186 valence electrons. The van der Waals surface area contributed by atoms with Crippen molar-refractivity contribution in [1.29, 1.82) is 0 Å². The molecule has 1 saturated heterocycles. The van der Waals surface area contributed by atoms with Crippen LogP contribution in [0.1, 0.15) is 39.2 Å². The van der Waals surface area contributed by atoms with Crippen LogP contribution in [0.15, 0.2) is 71.3 Å². The quantitative estimate of drug-likeness (QED) is 0.394. The minimum atomic E-state index is -1.34. The lowest BCUT2D eigenvalue weighted by molar-refractivity contribution is -0.127.